The molecule has 0 aliphatic carbocycles. The smallest absolute Gasteiger partial charge is 0.226 e. The first-order valence-corrected chi connectivity index (χ1v) is 9.69. The van der Waals surface area contributed by atoms with Gasteiger partial charge in [-0.05, 0) is 57.2 Å². The van der Waals surface area contributed by atoms with Crippen LogP contribution in [0.3, 0.4) is 0 Å². The van der Waals surface area contributed by atoms with Crippen molar-refractivity contribution in [1.82, 2.24) is 9.97 Å². The van der Waals surface area contributed by atoms with Crippen LogP contribution in [-0.4, -0.2) is 16.2 Å². The highest BCUT2D eigenvalue weighted by atomic mass is 79.9. The fraction of sp³-hybridized carbons (Fsp3) is 0.136. The molecule has 0 unspecified atom stereocenters. The molecule has 2 aromatic heterocycles. The molecule has 28 heavy (non-hydrogen) atoms. The number of halogens is 1. The molecule has 0 atom stereocenters. The van der Waals surface area contributed by atoms with E-state index in [1.807, 2.05) is 62.4 Å². The number of fused-ring (bicyclic) bond motifs is 1. The van der Waals surface area contributed by atoms with E-state index in [-0.39, 0.29) is 0 Å². The summed E-state index contributed by atoms with van der Waals surface area (Å²) >= 11 is 3.51. The Balaban J connectivity index is 1.60. The lowest BCUT2D eigenvalue weighted by Crippen LogP contribution is -1.95. The molecule has 0 saturated heterocycles. The second-order valence-corrected chi connectivity index (χ2v) is 7.58. The SMILES string of the molecule is Cc1ccc(-c2nc(/C=N/Nc3cc(C)nc4ccc(Br)cc34)c(C)o2)cc1. The minimum Gasteiger partial charge on any atom is -0.441 e. The lowest BCUT2D eigenvalue weighted by Gasteiger charge is -2.07. The van der Waals surface area contributed by atoms with Crippen LogP contribution in [0.2, 0.25) is 0 Å². The van der Waals surface area contributed by atoms with Crippen molar-refractivity contribution in [2.24, 2.45) is 5.10 Å². The summed E-state index contributed by atoms with van der Waals surface area (Å²) in [5.41, 5.74) is 8.68. The van der Waals surface area contributed by atoms with E-state index >= 15 is 0 Å². The van der Waals surface area contributed by atoms with Crippen LogP contribution in [-0.2, 0) is 0 Å². The van der Waals surface area contributed by atoms with Crippen molar-refractivity contribution in [2.75, 3.05) is 5.43 Å². The van der Waals surface area contributed by atoms with E-state index in [9.17, 15) is 0 Å². The number of nitrogens with zero attached hydrogens (tertiary/aromatic N) is 3. The number of hydrogen-bond donors (Lipinski definition) is 1. The second-order valence-electron chi connectivity index (χ2n) is 6.67. The van der Waals surface area contributed by atoms with Crippen LogP contribution in [0.4, 0.5) is 5.69 Å². The maximum Gasteiger partial charge on any atom is 0.226 e. The van der Waals surface area contributed by atoms with E-state index in [4.69, 9.17) is 4.42 Å². The highest BCUT2D eigenvalue weighted by Gasteiger charge is 2.10. The number of anilines is 1. The molecule has 0 aliphatic rings. The van der Waals surface area contributed by atoms with Gasteiger partial charge in [0.05, 0.1) is 17.4 Å². The molecule has 2 heterocycles. The quantitative estimate of drug-likeness (QED) is 0.314. The first kappa shape index (κ1) is 18.4. The van der Waals surface area contributed by atoms with Crippen molar-refractivity contribution in [3.05, 3.63) is 75.7 Å². The summed E-state index contributed by atoms with van der Waals surface area (Å²) in [5.74, 6) is 1.31. The fourth-order valence-corrected chi connectivity index (χ4v) is 3.29. The zero-order chi connectivity index (χ0) is 19.7. The van der Waals surface area contributed by atoms with E-state index < -0.39 is 0 Å². The largest absolute Gasteiger partial charge is 0.441 e. The molecule has 2 aromatic carbocycles. The minimum atomic E-state index is 0.591. The van der Waals surface area contributed by atoms with Gasteiger partial charge in [-0.25, -0.2) is 4.98 Å². The predicted molar refractivity (Wildman–Crippen MR) is 117 cm³/mol. The van der Waals surface area contributed by atoms with Crippen LogP contribution < -0.4 is 5.43 Å². The molecule has 0 amide bonds. The highest BCUT2D eigenvalue weighted by molar-refractivity contribution is 9.10. The number of benzene rings is 2. The Morgan fingerprint density at radius 2 is 1.79 bits per heavy atom. The van der Waals surface area contributed by atoms with E-state index in [2.05, 4.69) is 43.3 Å². The van der Waals surface area contributed by atoms with E-state index in [0.717, 1.165) is 38.1 Å². The summed E-state index contributed by atoms with van der Waals surface area (Å²) in [5, 5.41) is 5.37. The van der Waals surface area contributed by atoms with Gasteiger partial charge in [0.25, 0.3) is 0 Å². The third-order valence-corrected chi connectivity index (χ3v) is 4.89. The normalized spacial score (nSPS) is 11.4. The number of hydrogen-bond acceptors (Lipinski definition) is 5. The van der Waals surface area contributed by atoms with Gasteiger partial charge in [0.2, 0.25) is 5.89 Å². The summed E-state index contributed by atoms with van der Waals surface area (Å²) in [4.78, 5) is 9.12. The number of aromatic nitrogens is 2. The molecule has 0 fully saturated rings. The molecular formula is C22H19BrN4O. The van der Waals surface area contributed by atoms with Crippen molar-refractivity contribution < 1.29 is 4.42 Å². The Bertz CT molecular complexity index is 1180. The highest BCUT2D eigenvalue weighted by Crippen LogP contribution is 2.26. The van der Waals surface area contributed by atoms with Gasteiger partial charge in [-0.2, -0.15) is 5.10 Å². The predicted octanol–water partition coefficient (Wildman–Crippen LogP) is 6.02. The zero-order valence-electron chi connectivity index (χ0n) is 15.8. The number of pyridine rings is 1. The first-order valence-electron chi connectivity index (χ1n) is 8.90. The van der Waals surface area contributed by atoms with Crippen molar-refractivity contribution >= 4 is 38.7 Å². The summed E-state index contributed by atoms with van der Waals surface area (Å²) in [7, 11) is 0. The number of oxazole rings is 1. The van der Waals surface area contributed by atoms with Gasteiger partial charge >= 0.3 is 0 Å². The van der Waals surface area contributed by atoms with E-state index in [1.165, 1.54) is 5.56 Å². The van der Waals surface area contributed by atoms with E-state index in [1.54, 1.807) is 6.21 Å². The Morgan fingerprint density at radius 3 is 2.57 bits per heavy atom. The molecule has 0 bridgehead atoms. The molecule has 140 valence electrons. The third-order valence-electron chi connectivity index (χ3n) is 4.40. The fourth-order valence-electron chi connectivity index (χ4n) is 2.93. The molecule has 0 radical (unpaired) electrons. The van der Waals surface area contributed by atoms with Gasteiger partial charge < -0.3 is 4.42 Å². The Labute approximate surface area is 171 Å². The number of rotatable bonds is 4. The number of nitrogens with one attached hydrogen (secondary N) is 1. The molecule has 0 aliphatic heterocycles. The van der Waals surface area contributed by atoms with Crippen LogP contribution in [0.25, 0.3) is 22.4 Å². The average Bonchev–Trinajstić information content (AvgIpc) is 3.03. The summed E-state index contributed by atoms with van der Waals surface area (Å²) in [6, 6.07) is 16.0. The lowest BCUT2D eigenvalue weighted by atomic mass is 10.1. The molecule has 6 heteroatoms. The monoisotopic (exact) mass is 434 g/mol. The zero-order valence-corrected chi connectivity index (χ0v) is 17.4. The van der Waals surface area contributed by atoms with Crippen molar-refractivity contribution in [3.63, 3.8) is 0 Å². The summed E-state index contributed by atoms with van der Waals surface area (Å²) in [6.45, 7) is 5.90. The van der Waals surface area contributed by atoms with Crippen LogP contribution >= 0.6 is 15.9 Å². The topological polar surface area (TPSA) is 63.3 Å². The molecule has 0 saturated carbocycles. The van der Waals surface area contributed by atoms with Gasteiger partial charge in [0.1, 0.15) is 11.5 Å². The molecule has 5 nitrogen and oxygen atoms in total. The van der Waals surface area contributed by atoms with Crippen LogP contribution in [0.5, 0.6) is 0 Å². The molecular weight excluding hydrogens is 416 g/mol. The molecule has 4 aromatic rings. The van der Waals surface area contributed by atoms with Gasteiger partial charge in [-0.3, -0.25) is 10.4 Å². The van der Waals surface area contributed by atoms with E-state index in [0.29, 0.717) is 11.6 Å². The van der Waals surface area contributed by atoms with Gasteiger partial charge in [0.15, 0.2) is 0 Å². The Morgan fingerprint density at radius 1 is 1.00 bits per heavy atom. The van der Waals surface area contributed by atoms with Gasteiger partial charge in [0, 0.05) is 21.1 Å². The summed E-state index contributed by atoms with van der Waals surface area (Å²) < 4.78 is 6.80. The lowest BCUT2D eigenvalue weighted by molar-refractivity contribution is 0.542. The van der Waals surface area contributed by atoms with Crippen LogP contribution in [0.1, 0.15) is 22.7 Å². The summed E-state index contributed by atoms with van der Waals surface area (Å²) in [6.07, 6.45) is 1.68. The average molecular weight is 435 g/mol. The second kappa shape index (κ2) is 7.56. The van der Waals surface area contributed by atoms with Crippen LogP contribution in [0.15, 0.2) is 62.5 Å². The van der Waals surface area contributed by atoms with Crippen molar-refractivity contribution in [3.8, 4) is 11.5 Å². The number of hydrazone groups is 1. The van der Waals surface area contributed by atoms with Crippen molar-refractivity contribution in [1.29, 1.82) is 0 Å². The van der Waals surface area contributed by atoms with Gasteiger partial charge in [-0.1, -0.05) is 33.6 Å². The maximum atomic E-state index is 5.80. The molecule has 4 rings (SSSR count). The van der Waals surface area contributed by atoms with Gasteiger partial charge in [-0.15, -0.1) is 0 Å². The Kier molecular flexibility index (Phi) is 4.96. The molecule has 0 spiro atoms. The molecule has 1 N–H and O–H groups in total. The standard InChI is InChI=1S/C22H19BrN4O/c1-13-4-6-16(7-5-13)22-26-21(15(3)28-22)12-24-27-20-10-14(2)25-19-9-8-17(23)11-18(19)20/h4-12H,1-3H3,(H,25,27)/b24-12+. The Hall–Kier alpha value is -2.99. The maximum absolute atomic E-state index is 5.80. The van der Waals surface area contributed by atoms with Crippen molar-refractivity contribution in [2.45, 2.75) is 20.8 Å². The first-order chi connectivity index (χ1) is 13.5. The number of aryl methyl sites for hydroxylation is 3. The minimum absolute atomic E-state index is 0.591. The van der Waals surface area contributed by atoms with Crippen LogP contribution in [0, 0.1) is 20.8 Å². The third kappa shape index (κ3) is 3.82.